The van der Waals surface area contributed by atoms with Crippen molar-refractivity contribution >= 4 is 45.8 Å². The number of hydrogen-bond donors (Lipinski definition) is 1. The first-order chi connectivity index (χ1) is 8.04. The molecule has 0 aliphatic carbocycles. The van der Waals surface area contributed by atoms with Gasteiger partial charge in [-0.3, -0.25) is 0 Å². The molecular weight excluding hydrogens is 343 g/mol. The van der Waals surface area contributed by atoms with Gasteiger partial charge in [0.1, 0.15) is 0 Å². The number of aromatic amines is 1. The summed E-state index contributed by atoms with van der Waals surface area (Å²) in [5.41, 5.74) is 2.35. The highest BCUT2D eigenvalue weighted by Gasteiger charge is 2.16. The molecule has 0 saturated heterocycles. The lowest BCUT2D eigenvalue weighted by atomic mass is 10.0. The van der Waals surface area contributed by atoms with E-state index in [1.54, 1.807) is 0 Å². The van der Waals surface area contributed by atoms with Crippen molar-refractivity contribution < 1.29 is 0 Å². The Morgan fingerprint density at radius 1 is 1.41 bits per heavy atom. The first-order valence-corrected chi connectivity index (χ1v) is 7.43. The zero-order valence-corrected chi connectivity index (χ0v) is 13.3. The summed E-state index contributed by atoms with van der Waals surface area (Å²) in [5.74, 6) is 0.625. The predicted molar refractivity (Wildman–Crippen MR) is 84.0 cm³/mol. The number of aromatic nitrogens is 2. The number of fused-ring (bicyclic) bond motifs is 1. The Kier molecular flexibility index (Phi) is 3.92. The molecule has 0 aliphatic rings. The van der Waals surface area contributed by atoms with Gasteiger partial charge < -0.3 is 9.55 Å². The Morgan fingerprint density at radius 2 is 2.12 bits per heavy atom. The lowest BCUT2D eigenvalue weighted by Gasteiger charge is -2.20. The summed E-state index contributed by atoms with van der Waals surface area (Å²) in [6, 6.07) is 6.86. The second-order valence-electron chi connectivity index (χ2n) is 4.59. The van der Waals surface area contributed by atoms with Crippen LogP contribution >= 0.6 is 34.8 Å². The lowest BCUT2D eigenvalue weighted by molar-refractivity contribution is 0.374. The van der Waals surface area contributed by atoms with Crippen LogP contribution in [0, 0.1) is 14.3 Å². The minimum Gasteiger partial charge on any atom is -0.331 e. The van der Waals surface area contributed by atoms with Crippen LogP contribution in [-0.4, -0.2) is 9.55 Å². The average Bonchev–Trinajstić information content (AvgIpc) is 2.62. The highest BCUT2D eigenvalue weighted by atomic mass is 127. The van der Waals surface area contributed by atoms with Crippen LogP contribution in [-0.2, 0) is 0 Å². The summed E-state index contributed by atoms with van der Waals surface area (Å²) in [7, 11) is 0. The standard InChI is InChI=1S/C13H17IN2S/c1-4-8(2)9(3)16-12-6-5-10(14)7-11(12)15-13(16)17/h5-9H,4H2,1-3H3,(H,15,17). The van der Waals surface area contributed by atoms with Gasteiger partial charge in [-0.1, -0.05) is 20.3 Å². The highest BCUT2D eigenvalue weighted by molar-refractivity contribution is 14.1. The molecule has 17 heavy (non-hydrogen) atoms. The van der Waals surface area contributed by atoms with Gasteiger partial charge in [-0.25, -0.2) is 0 Å². The van der Waals surface area contributed by atoms with Crippen LogP contribution in [0.2, 0.25) is 0 Å². The lowest BCUT2D eigenvalue weighted by Crippen LogP contribution is -2.13. The molecule has 2 rings (SSSR count). The van der Waals surface area contributed by atoms with Gasteiger partial charge in [0.25, 0.3) is 0 Å². The van der Waals surface area contributed by atoms with Gasteiger partial charge in [0.15, 0.2) is 4.77 Å². The van der Waals surface area contributed by atoms with Gasteiger partial charge in [0, 0.05) is 9.61 Å². The minimum atomic E-state index is 0.432. The van der Waals surface area contributed by atoms with E-state index in [0.717, 1.165) is 10.3 Å². The van der Waals surface area contributed by atoms with Crippen LogP contribution in [0.1, 0.15) is 33.2 Å². The van der Waals surface area contributed by atoms with E-state index in [-0.39, 0.29) is 0 Å². The predicted octanol–water partition coefficient (Wildman–Crippen LogP) is 4.91. The molecule has 0 bridgehead atoms. The highest BCUT2D eigenvalue weighted by Crippen LogP contribution is 2.26. The van der Waals surface area contributed by atoms with Crippen molar-refractivity contribution in [2.45, 2.75) is 33.2 Å². The number of rotatable bonds is 3. The second kappa shape index (κ2) is 5.10. The number of halogens is 1. The fraction of sp³-hybridized carbons (Fsp3) is 0.462. The van der Waals surface area contributed by atoms with E-state index >= 15 is 0 Å². The van der Waals surface area contributed by atoms with Crippen molar-refractivity contribution in [3.63, 3.8) is 0 Å². The molecule has 2 unspecified atom stereocenters. The van der Waals surface area contributed by atoms with E-state index in [0.29, 0.717) is 12.0 Å². The maximum Gasteiger partial charge on any atom is 0.178 e. The minimum absolute atomic E-state index is 0.432. The van der Waals surface area contributed by atoms with Gasteiger partial charge in [-0.15, -0.1) is 0 Å². The average molecular weight is 360 g/mol. The van der Waals surface area contributed by atoms with Gasteiger partial charge >= 0.3 is 0 Å². The van der Waals surface area contributed by atoms with Crippen LogP contribution in [0.25, 0.3) is 11.0 Å². The Hall–Kier alpha value is -0.360. The summed E-state index contributed by atoms with van der Waals surface area (Å²) in [4.78, 5) is 3.30. The SMILES string of the molecule is CCC(C)C(C)n1c(=S)[nH]c2cc(I)ccc21. The number of hydrogen-bond acceptors (Lipinski definition) is 1. The van der Waals surface area contributed by atoms with Crippen molar-refractivity contribution in [1.82, 2.24) is 9.55 Å². The molecule has 1 N–H and O–H groups in total. The number of benzene rings is 1. The topological polar surface area (TPSA) is 20.7 Å². The molecule has 1 aromatic heterocycles. The number of nitrogens with zero attached hydrogens (tertiary/aromatic N) is 1. The summed E-state index contributed by atoms with van der Waals surface area (Å²) in [6.07, 6.45) is 1.17. The Morgan fingerprint density at radius 3 is 2.76 bits per heavy atom. The van der Waals surface area contributed by atoms with E-state index in [1.165, 1.54) is 15.5 Å². The summed E-state index contributed by atoms with van der Waals surface area (Å²) in [5, 5.41) is 0. The molecule has 1 heterocycles. The fourth-order valence-corrected chi connectivity index (χ4v) is 2.97. The zero-order valence-electron chi connectivity index (χ0n) is 10.3. The first kappa shape index (κ1) is 13.1. The van der Waals surface area contributed by atoms with Gasteiger partial charge in [-0.2, -0.15) is 0 Å². The Bertz CT molecular complexity index is 585. The van der Waals surface area contributed by atoms with E-state index in [2.05, 4.69) is 71.1 Å². The van der Waals surface area contributed by atoms with Crippen LogP contribution < -0.4 is 0 Å². The van der Waals surface area contributed by atoms with Crippen LogP contribution in [0.3, 0.4) is 0 Å². The molecule has 0 saturated carbocycles. The van der Waals surface area contributed by atoms with Crippen molar-refractivity contribution in [1.29, 1.82) is 0 Å². The van der Waals surface area contributed by atoms with Crippen molar-refractivity contribution in [2.24, 2.45) is 5.92 Å². The summed E-state index contributed by atoms with van der Waals surface area (Å²) >= 11 is 7.77. The summed E-state index contributed by atoms with van der Waals surface area (Å²) < 4.78 is 4.30. The smallest absolute Gasteiger partial charge is 0.178 e. The molecule has 0 amide bonds. The largest absolute Gasteiger partial charge is 0.331 e. The Balaban J connectivity index is 2.61. The van der Waals surface area contributed by atoms with Crippen molar-refractivity contribution in [3.05, 3.63) is 26.5 Å². The van der Waals surface area contributed by atoms with Crippen molar-refractivity contribution in [3.8, 4) is 0 Å². The molecule has 0 aliphatic heterocycles. The molecule has 0 spiro atoms. The third kappa shape index (κ3) is 2.42. The molecule has 2 aromatic rings. The molecule has 1 aromatic carbocycles. The van der Waals surface area contributed by atoms with E-state index in [4.69, 9.17) is 12.2 Å². The third-order valence-electron chi connectivity index (χ3n) is 3.55. The first-order valence-electron chi connectivity index (χ1n) is 5.94. The number of nitrogens with one attached hydrogen (secondary N) is 1. The maximum absolute atomic E-state index is 5.44. The van der Waals surface area contributed by atoms with Crippen LogP contribution in [0.5, 0.6) is 0 Å². The molecule has 0 fully saturated rings. The Labute approximate surface area is 121 Å². The molecule has 92 valence electrons. The third-order valence-corrected chi connectivity index (χ3v) is 4.52. The van der Waals surface area contributed by atoms with Crippen LogP contribution in [0.15, 0.2) is 18.2 Å². The van der Waals surface area contributed by atoms with E-state index in [9.17, 15) is 0 Å². The quantitative estimate of drug-likeness (QED) is 0.609. The molecular formula is C13H17IN2S. The molecule has 4 heteroatoms. The molecule has 2 nitrogen and oxygen atoms in total. The number of imidazole rings is 1. The zero-order chi connectivity index (χ0) is 12.6. The van der Waals surface area contributed by atoms with Gasteiger partial charge in [0.2, 0.25) is 0 Å². The number of H-pyrrole nitrogens is 1. The molecule has 0 radical (unpaired) electrons. The maximum atomic E-state index is 5.44. The molecule has 2 atom stereocenters. The van der Waals surface area contributed by atoms with Crippen LogP contribution in [0.4, 0.5) is 0 Å². The van der Waals surface area contributed by atoms with Gasteiger partial charge in [0.05, 0.1) is 11.0 Å². The monoisotopic (exact) mass is 360 g/mol. The fourth-order valence-electron chi connectivity index (χ4n) is 2.10. The van der Waals surface area contributed by atoms with Gasteiger partial charge in [-0.05, 0) is 65.8 Å². The van der Waals surface area contributed by atoms with Crippen molar-refractivity contribution in [2.75, 3.05) is 0 Å². The van der Waals surface area contributed by atoms with E-state index < -0.39 is 0 Å². The van der Waals surface area contributed by atoms with E-state index in [1.807, 2.05) is 0 Å². The normalized spacial score (nSPS) is 15.1. The second-order valence-corrected chi connectivity index (χ2v) is 6.22. The summed E-state index contributed by atoms with van der Waals surface area (Å²) in [6.45, 7) is 6.75.